The largest absolute Gasteiger partial charge is 0.465 e. The van der Waals surface area contributed by atoms with Crippen molar-refractivity contribution < 1.29 is 38.8 Å². The van der Waals surface area contributed by atoms with E-state index in [9.17, 15) is 24.6 Å². The Morgan fingerprint density at radius 3 is 2.17 bits per heavy atom. The maximum absolute atomic E-state index is 13.3. The SMILES string of the molecule is C=C1CCC2[C@]3(C)CC[C@H](OC(C)=O)[C@@](C)(COC(C)=O)C3CC[C@]2(C)[C@H]1C(=O)OC(CO)CO. The van der Waals surface area contributed by atoms with Crippen LogP contribution in [0, 0.1) is 34.0 Å². The summed E-state index contributed by atoms with van der Waals surface area (Å²) in [6.07, 6.45) is 3.28. The molecule has 0 spiro atoms. The zero-order valence-electron chi connectivity index (χ0n) is 21.8. The second-order valence-electron chi connectivity index (χ2n) is 11.6. The molecule has 3 aliphatic rings. The molecule has 0 heterocycles. The Bertz CT molecular complexity index is 850. The summed E-state index contributed by atoms with van der Waals surface area (Å²) in [5.41, 5.74) is -0.286. The lowest BCUT2D eigenvalue weighted by Gasteiger charge is -2.66. The van der Waals surface area contributed by atoms with Crippen molar-refractivity contribution in [1.29, 1.82) is 0 Å². The molecular formula is C27H42O8. The van der Waals surface area contributed by atoms with Gasteiger partial charge in [-0.15, -0.1) is 0 Å². The molecule has 8 heteroatoms. The van der Waals surface area contributed by atoms with Crippen molar-refractivity contribution in [2.24, 2.45) is 34.0 Å². The predicted octanol–water partition coefficient (Wildman–Crippen LogP) is 3.18. The molecule has 198 valence electrons. The monoisotopic (exact) mass is 494 g/mol. The van der Waals surface area contributed by atoms with Gasteiger partial charge in [0.25, 0.3) is 0 Å². The lowest BCUT2D eigenvalue weighted by Crippen LogP contribution is -2.64. The molecule has 3 fully saturated rings. The van der Waals surface area contributed by atoms with Crippen molar-refractivity contribution >= 4 is 17.9 Å². The van der Waals surface area contributed by atoms with Crippen LogP contribution >= 0.6 is 0 Å². The summed E-state index contributed by atoms with van der Waals surface area (Å²) in [6.45, 7) is 12.8. The van der Waals surface area contributed by atoms with Gasteiger partial charge in [0, 0.05) is 19.3 Å². The minimum absolute atomic E-state index is 0.121. The molecule has 2 N–H and O–H groups in total. The van der Waals surface area contributed by atoms with E-state index in [0.717, 1.165) is 31.3 Å². The first-order chi connectivity index (χ1) is 16.3. The van der Waals surface area contributed by atoms with Gasteiger partial charge >= 0.3 is 17.9 Å². The third kappa shape index (κ3) is 4.88. The number of esters is 3. The molecule has 2 unspecified atom stereocenters. The van der Waals surface area contributed by atoms with Crippen LogP contribution in [0.4, 0.5) is 0 Å². The number of aliphatic hydroxyl groups is 2. The minimum atomic E-state index is -0.947. The molecule has 0 bridgehead atoms. The predicted molar refractivity (Wildman–Crippen MR) is 128 cm³/mol. The first-order valence-electron chi connectivity index (χ1n) is 12.7. The Kier molecular flexibility index (Phi) is 8.07. The Morgan fingerprint density at radius 1 is 0.971 bits per heavy atom. The first kappa shape index (κ1) is 27.7. The molecule has 3 rings (SSSR count). The van der Waals surface area contributed by atoms with Crippen LogP contribution < -0.4 is 0 Å². The summed E-state index contributed by atoms with van der Waals surface area (Å²) in [5, 5.41) is 18.9. The second kappa shape index (κ2) is 10.2. The van der Waals surface area contributed by atoms with Crippen molar-refractivity contribution in [3.63, 3.8) is 0 Å². The van der Waals surface area contributed by atoms with Crippen molar-refractivity contribution in [3.05, 3.63) is 12.2 Å². The van der Waals surface area contributed by atoms with Crippen molar-refractivity contribution in [2.45, 2.75) is 85.4 Å². The average Bonchev–Trinajstić information content (AvgIpc) is 2.77. The highest BCUT2D eigenvalue weighted by molar-refractivity contribution is 5.77. The number of rotatable bonds is 7. The summed E-state index contributed by atoms with van der Waals surface area (Å²) >= 11 is 0. The number of ether oxygens (including phenoxy) is 3. The standard InChI is InChI=1S/C27H42O8/c1-16-7-8-20-25(4)12-10-22(34-18(3)31)27(6,15-33-17(2)30)21(25)9-11-26(20,5)23(16)24(32)35-19(13-28)14-29/h19-23,28-29H,1,7-15H2,2-6H3/t20?,21?,22-,23+,25-,26-,27-/m0/s1. The molecule has 3 aliphatic carbocycles. The summed E-state index contributed by atoms with van der Waals surface area (Å²) in [7, 11) is 0. The van der Waals surface area contributed by atoms with Gasteiger partial charge in [0.05, 0.1) is 19.1 Å². The molecule has 0 amide bonds. The number of carbonyl (C=O) groups excluding carboxylic acids is 3. The topological polar surface area (TPSA) is 119 Å². The molecule has 0 aromatic heterocycles. The molecule has 0 aromatic carbocycles. The van der Waals surface area contributed by atoms with Crippen LogP contribution in [-0.4, -0.2) is 60.1 Å². The van der Waals surface area contributed by atoms with Gasteiger partial charge in [-0.05, 0) is 61.2 Å². The maximum Gasteiger partial charge on any atom is 0.314 e. The van der Waals surface area contributed by atoms with Crippen LogP contribution in [0.1, 0.15) is 73.1 Å². The van der Waals surface area contributed by atoms with E-state index in [1.807, 2.05) is 0 Å². The quantitative estimate of drug-likeness (QED) is 0.315. The third-order valence-corrected chi connectivity index (χ3v) is 9.48. The molecular weight excluding hydrogens is 452 g/mol. The van der Waals surface area contributed by atoms with E-state index in [0.29, 0.717) is 12.8 Å². The van der Waals surface area contributed by atoms with Crippen LogP contribution in [0.25, 0.3) is 0 Å². The van der Waals surface area contributed by atoms with Crippen molar-refractivity contribution in [3.8, 4) is 0 Å². The summed E-state index contributed by atoms with van der Waals surface area (Å²) in [6, 6.07) is 0. The Balaban J connectivity index is 1.97. The van der Waals surface area contributed by atoms with Crippen molar-refractivity contribution in [1.82, 2.24) is 0 Å². The van der Waals surface area contributed by atoms with E-state index < -0.39 is 42.0 Å². The van der Waals surface area contributed by atoms with E-state index in [2.05, 4.69) is 27.4 Å². The Labute approximate surface area is 208 Å². The van der Waals surface area contributed by atoms with Crippen LogP contribution in [0.15, 0.2) is 12.2 Å². The number of fused-ring (bicyclic) bond motifs is 3. The van der Waals surface area contributed by atoms with Gasteiger partial charge in [-0.3, -0.25) is 14.4 Å². The fraction of sp³-hybridized carbons (Fsp3) is 0.815. The minimum Gasteiger partial charge on any atom is -0.465 e. The molecule has 35 heavy (non-hydrogen) atoms. The van der Waals surface area contributed by atoms with Crippen LogP contribution in [0.3, 0.4) is 0 Å². The van der Waals surface area contributed by atoms with Gasteiger partial charge in [-0.1, -0.05) is 32.9 Å². The van der Waals surface area contributed by atoms with E-state index in [1.165, 1.54) is 13.8 Å². The fourth-order valence-corrected chi connectivity index (χ4v) is 7.97. The van der Waals surface area contributed by atoms with Gasteiger partial charge in [0.1, 0.15) is 18.8 Å². The molecule has 8 nitrogen and oxygen atoms in total. The molecule has 0 aromatic rings. The van der Waals surface area contributed by atoms with E-state index >= 15 is 0 Å². The molecule has 0 saturated heterocycles. The summed E-state index contributed by atoms with van der Waals surface area (Å²) < 4.78 is 16.8. The highest BCUT2D eigenvalue weighted by atomic mass is 16.6. The molecule has 7 atom stereocenters. The summed E-state index contributed by atoms with van der Waals surface area (Å²) in [5.74, 6) is -1.36. The number of carbonyl (C=O) groups is 3. The van der Waals surface area contributed by atoms with Gasteiger partial charge in [-0.25, -0.2) is 0 Å². The first-order valence-corrected chi connectivity index (χ1v) is 12.7. The smallest absolute Gasteiger partial charge is 0.314 e. The number of hydrogen-bond donors (Lipinski definition) is 2. The van der Waals surface area contributed by atoms with Gasteiger partial charge in [0.2, 0.25) is 0 Å². The van der Waals surface area contributed by atoms with Crippen LogP contribution in [0.5, 0.6) is 0 Å². The second-order valence-corrected chi connectivity index (χ2v) is 11.6. The lowest BCUT2D eigenvalue weighted by molar-refractivity contribution is -0.220. The zero-order valence-corrected chi connectivity index (χ0v) is 21.8. The normalized spacial score (nSPS) is 38.8. The van der Waals surface area contributed by atoms with E-state index in [-0.39, 0.29) is 41.9 Å². The highest BCUT2D eigenvalue weighted by Gasteiger charge is 2.66. The summed E-state index contributed by atoms with van der Waals surface area (Å²) in [4.78, 5) is 37.0. The third-order valence-electron chi connectivity index (χ3n) is 9.48. The molecule has 0 radical (unpaired) electrons. The van der Waals surface area contributed by atoms with Gasteiger partial charge < -0.3 is 24.4 Å². The Morgan fingerprint density at radius 2 is 1.60 bits per heavy atom. The van der Waals surface area contributed by atoms with E-state index in [4.69, 9.17) is 14.2 Å². The van der Waals surface area contributed by atoms with Crippen LogP contribution in [0.2, 0.25) is 0 Å². The maximum atomic E-state index is 13.3. The molecule has 0 aliphatic heterocycles. The number of aliphatic hydroxyl groups excluding tert-OH is 2. The van der Waals surface area contributed by atoms with Crippen molar-refractivity contribution in [2.75, 3.05) is 19.8 Å². The van der Waals surface area contributed by atoms with E-state index in [1.54, 1.807) is 0 Å². The van der Waals surface area contributed by atoms with Gasteiger partial charge in [-0.2, -0.15) is 0 Å². The van der Waals surface area contributed by atoms with Gasteiger partial charge in [0.15, 0.2) is 0 Å². The lowest BCUT2D eigenvalue weighted by atomic mass is 9.38. The van der Waals surface area contributed by atoms with Crippen LogP contribution in [-0.2, 0) is 28.6 Å². The number of hydrogen-bond acceptors (Lipinski definition) is 8. The Hall–Kier alpha value is -1.93. The fourth-order valence-electron chi connectivity index (χ4n) is 7.97. The molecule has 3 saturated carbocycles. The zero-order chi connectivity index (χ0) is 26.2. The average molecular weight is 495 g/mol. The highest BCUT2D eigenvalue weighted by Crippen LogP contribution is 2.69.